The van der Waals surface area contributed by atoms with Crippen molar-refractivity contribution >= 4 is 52.5 Å². The molecule has 1 N–H and O–H groups in total. The normalized spacial score (nSPS) is 11.9. The monoisotopic (exact) mass is 287 g/mol. The van der Waals surface area contributed by atoms with E-state index in [2.05, 4.69) is 4.74 Å². The molecule has 5 nitrogen and oxygen atoms in total. The van der Waals surface area contributed by atoms with E-state index >= 15 is 0 Å². The summed E-state index contributed by atoms with van der Waals surface area (Å²) >= 11 is 15.7. The highest BCUT2D eigenvalue weighted by atomic mass is 35.6. The fraction of sp³-hybridized carbons (Fsp3) is 0.375. The van der Waals surface area contributed by atoms with Crippen molar-refractivity contribution in [1.29, 1.82) is 0 Å². The number of ether oxygens (including phenoxy) is 1. The second kappa shape index (κ2) is 6.08. The number of rotatable bonds is 3. The number of hydrogen-bond donors (Lipinski definition) is 1. The summed E-state index contributed by atoms with van der Waals surface area (Å²) in [6.45, 7) is 1.13. The van der Waals surface area contributed by atoms with Gasteiger partial charge in [-0.3, -0.25) is 9.59 Å². The van der Waals surface area contributed by atoms with Crippen molar-refractivity contribution < 1.29 is 19.1 Å². The first-order valence-corrected chi connectivity index (χ1v) is 5.00. The molecule has 0 rings (SSSR count). The van der Waals surface area contributed by atoms with Gasteiger partial charge in [-0.05, 0) is 6.92 Å². The molecule has 8 heteroatoms. The topological polar surface area (TPSA) is 72.5 Å². The number of nitrogens with one attached hydrogen (secondary N) is 1. The van der Waals surface area contributed by atoms with Gasteiger partial charge < -0.3 is 10.1 Å². The third kappa shape index (κ3) is 4.83. The highest BCUT2D eigenvalue weighted by molar-refractivity contribution is 6.76. The molecule has 0 spiro atoms. The predicted octanol–water partition coefficient (Wildman–Crippen LogP) is 1.12. The van der Waals surface area contributed by atoms with Crippen molar-refractivity contribution in [2.75, 3.05) is 7.11 Å². The van der Waals surface area contributed by atoms with Crippen LogP contribution in [0.5, 0.6) is 0 Å². The van der Waals surface area contributed by atoms with Crippen molar-refractivity contribution in [3.05, 3.63) is 11.8 Å². The van der Waals surface area contributed by atoms with Crippen LogP contribution in [0.2, 0.25) is 0 Å². The summed E-state index contributed by atoms with van der Waals surface area (Å²) in [5, 5.41) is 2.00. The summed E-state index contributed by atoms with van der Waals surface area (Å²) in [5.41, 5.74) is -0.356. The second-order valence-electron chi connectivity index (χ2n) is 2.58. The minimum Gasteiger partial charge on any atom is -0.465 e. The highest BCUT2D eigenvalue weighted by Gasteiger charge is 2.30. The molecule has 16 heavy (non-hydrogen) atoms. The van der Waals surface area contributed by atoms with Crippen LogP contribution < -0.4 is 5.32 Å². The van der Waals surface area contributed by atoms with Crippen molar-refractivity contribution in [2.45, 2.75) is 10.7 Å². The van der Waals surface area contributed by atoms with Crippen molar-refractivity contribution in [3.8, 4) is 0 Å². The van der Waals surface area contributed by atoms with Gasteiger partial charge in [-0.15, -0.1) is 0 Å². The van der Waals surface area contributed by atoms with E-state index < -0.39 is 21.5 Å². The Morgan fingerprint density at radius 3 is 2.06 bits per heavy atom. The Labute approximate surface area is 107 Å². The molecule has 0 aliphatic carbocycles. The molecule has 0 heterocycles. The van der Waals surface area contributed by atoms with Gasteiger partial charge in [-0.1, -0.05) is 34.8 Å². The zero-order chi connectivity index (χ0) is 12.9. The molecule has 0 aliphatic heterocycles. The Bertz CT molecular complexity index is 346. The third-order valence-electron chi connectivity index (χ3n) is 1.39. The van der Waals surface area contributed by atoms with E-state index in [4.69, 9.17) is 34.8 Å². The summed E-state index contributed by atoms with van der Waals surface area (Å²) < 4.78 is 2.14. The molecule has 90 valence electrons. The minimum absolute atomic E-state index is 0.356. The van der Waals surface area contributed by atoms with E-state index in [-0.39, 0.29) is 5.57 Å². The maximum Gasteiger partial charge on any atom is 0.342 e. The lowest BCUT2D eigenvalue weighted by atomic mass is 10.2. The quantitative estimate of drug-likeness (QED) is 0.278. The Hall–Kier alpha value is -0.780. The number of Topliss-reactive ketones (excluding diaryl/α,β-unsaturated/α-hetero) is 1. The summed E-state index contributed by atoms with van der Waals surface area (Å²) in [6, 6.07) is 0. The van der Waals surface area contributed by atoms with E-state index in [0.29, 0.717) is 0 Å². The Balaban J connectivity index is 4.79. The van der Waals surface area contributed by atoms with Crippen molar-refractivity contribution in [2.24, 2.45) is 0 Å². The van der Waals surface area contributed by atoms with Gasteiger partial charge in [0.05, 0.1) is 7.11 Å². The zero-order valence-corrected chi connectivity index (χ0v) is 10.6. The number of alkyl halides is 3. The number of hydrogen-bond acceptors (Lipinski definition) is 4. The third-order valence-corrected chi connectivity index (χ3v) is 1.90. The fourth-order valence-corrected chi connectivity index (χ4v) is 0.797. The molecule has 0 saturated carbocycles. The standard InChI is InChI=1S/C8H8Cl3NO4/c1-4(13)5(6(14)16-2)3-12-7(15)8(9,10)11/h3H,1-2H3,(H,12,15). The van der Waals surface area contributed by atoms with Crippen LogP contribution in [0.4, 0.5) is 0 Å². The van der Waals surface area contributed by atoms with Crippen LogP contribution >= 0.6 is 34.8 Å². The molecule has 0 fully saturated rings. The van der Waals surface area contributed by atoms with Gasteiger partial charge in [0.2, 0.25) is 0 Å². The Morgan fingerprint density at radius 2 is 1.75 bits per heavy atom. The number of amides is 1. The van der Waals surface area contributed by atoms with Crippen LogP contribution in [0.3, 0.4) is 0 Å². The maximum absolute atomic E-state index is 11.1. The number of esters is 1. The summed E-state index contributed by atoms with van der Waals surface area (Å²) in [7, 11) is 1.09. The van der Waals surface area contributed by atoms with Crippen LogP contribution in [0.15, 0.2) is 11.8 Å². The number of carbonyl (C=O) groups excluding carboxylic acids is 3. The summed E-state index contributed by atoms with van der Waals surface area (Å²) in [6.07, 6.45) is 0.832. The molecule has 0 bridgehead atoms. The molecule has 0 saturated heterocycles. The van der Waals surface area contributed by atoms with E-state index in [1.54, 1.807) is 0 Å². The van der Waals surface area contributed by atoms with Crippen molar-refractivity contribution in [1.82, 2.24) is 5.32 Å². The van der Waals surface area contributed by atoms with E-state index in [0.717, 1.165) is 20.2 Å². The van der Waals surface area contributed by atoms with E-state index in [9.17, 15) is 14.4 Å². The average Bonchev–Trinajstić information content (AvgIpc) is 2.15. The first kappa shape index (κ1) is 15.2. The molecule has 0 aromatic carbocycles. The number of methoxy groups -OCH3 is 1. The molecular weight excluding hydrogens is 280 g/mol. The van der Waals surface area contributed by atoms with Gasteiger partial charge >= 0.3 is 5.97 Å². The molecule has 0 radical (unpaired) electrons. The van der Waals surface area contributed by atoms with Crippen LogP contribution in [0.25, 0.3) is 0 Å². The van der Waals surface area contributed by atoms with E-state index in [1.165, 1.54) is 0 Å². The van der Waals surface area contributed by atoms with Gasteiger partial charge in [-0.2, -0.15) is 0 Å². The van der Waals surface area contributed by atoms with Crippen LogP contribution in [-0.2, 0) is 19.1 Å². The second-order valence-corrected chi connectivity index (χ2v) is 4.86. The lowest BCUT2D eigenvalue weighted by Gasteiger charge is -2.09. The lowest BCUT2D eigenvalue weighted by molar-refractivity contribution is -0.137. The highest BCUT2D eigenvalue weighted by Crippen LogP contribution is 2.25. The summed E-state index contributed by atoms with van der Waals surface area (Å²) in [5.74, 6) is -2.46. The van der Waals surface area contributed by atoms with Gasteiger partial charge in [0.15, 0.2) is 5.78 Å². The van der Waals surface area contributed by atoms with E-state index in [1.807, 2.05) is 5.32 Å². The average molecular weight is 289 g/mol. The van der Waals surface area contributed by atoms with Crippen molar-refractivity contribution in [3.63, 3.8) is 0 Å². The number of ketones is 1. The summed E-state index contributed by atoms with van der Waals surface area (Å²) in [4.78, 5) is 33.1. The number of carbonyl (C=O) groups is 3. The largest absolute Gasteiger partial charge is 0.465 e. The molecule has 0 unspecified atom stereocenters. The van der Waals surface area contributed by atoms with Gasteiger partial charge in [0, 0.05) is 6.20 Å². The molecule has 0 atom stereocenters. The molecule has 0 aromatic rings. The SMILES string of the molecule is COC(=O)C(=CNC(=O)C(Cl)(Cl)Cl)C(C)=O. The number of halogens is 3. The van der Waals surface area contributed by atoms with Crippen LogP contribution in [-0.4, -0.2) is 28.6 Å². The van der Waals surface area contributed by atoms with Crippen LogP contribution in [0.1, 0.15) is 6.92 Å². The van der Waals surface area contributed by atoms with Crippen LogP contribution in [0, 0.1) is 0 Å². The Morgan fingerprint density at radius 1 is 1.25 bits per heavy atom. The first-order chi connectivity index (χ1) is 7.20. The minimum atomic E-state index is -2.17. The lowest BCUT2D eigenvalue weighted by Crippen LogP contribution is -2.32. The molecular formula is C8H8Cl3NO4. The zero-order valence-electron chi connectivity index (χ0n) is 8.34. The fourth-order valence-electron chi connectivity index (χ4n) is 0.634. The predicted molar refractivity (Wildman–Crippen MR) is 59.2 cm³/mol. The first-order valence-electron chi connectivity index (χ1n) is 3.87. The van der Waals surface area contributed by atoms with Gasteiger partial charge in [0.25, 0.3) is 9.70 Å². The molecule has 1 amide bonds. The van der Waals surface area contributed by atoms with Gasteiger partial charge in [0.1, 0.15) is 5.57 Å². The van der Waals surface area contributed by atoms with Gasteiger partial charge in [-0.25, -0.2) is 4.79 Å². The molecule has 0 aromatic heterocycles. The maximum atomic E-state index is 11.1. The molecule has 0 aliphatic rings. The Kier molecular flexibility index (Phi) is 5.78. The smallest absolute Gasteiger partial charge is 0.342 e.